The van der Waals surface area contributed by atoms with Gasteiger partial charge in [-0.15, -0.1) is 0 Å². The first-order valence-electron chi connectivity index (χ1n) is 4.06. The van der Waals surface area contributed by atoms with E-state index in [1.54, 1.807) is 13.0 Å². The van der Waals surface area contributed by atoms with Crippen LogP contribution in [0, 0.1) is 5.82 Å². The molecule has 0 saturated carbocycles. The first kappa shape index (κ1) is 10.3. The smallest absolute Gasteiger partial charge is 0.165 e. The zero-order valence-electron chi connectivity index (χ0n) is 7.94. The van der Waals surface area contributed by atoms with E-state index in [2.05, 4.69) is 10.0 Å². The maximum absolute atomic E-state index is 13.0. The zero-order valence-corrected chi connectivity index (χ0v) is 7.94. The Labute approximate surface area is 80.9 Å². The SMILES string of the molecule is COc1cc([C@H](C)N=[N+]=[N-])ccc1F. The second-order valence-electron chi connectivity index (χ2n) is 2.77. The fourth-order valence-corrected chi connectivity index (χ4v) is 1.08. The second kappa shape index (κ2) is 4.48. The number of methoxy groups -OCH3 is 1. The molecule has 0 aliphatic heterocycles. The van der Waals surface area contributed by atoms with Gasteiger partial charge in [0.2, 0.25) is 0 Å². The molecule has 1 aromatic carbocycles. The van der Waals surface area contributed by atoms with Gasteiger partial charge in [0.15, 0.2) is 11.6 Å². The molecule has 74 valence electrons. The minimum Gasteiger partial charge on any atom is -0.494 e. The molecule has 0 unspecified atom stereocenters. The molecule has 1 aromatic rings. The molecule has 0 saturated heterocycles. The highest BCUT2D eigenvalue weighted by atomic mass is 19.1. The van der Waals surface area contributed by atoms with E-state index >= 15 is 0 Å². The predicted molar refractivity (Wildman–Crippen MR) is 50.5 cm³/mol. The van der Waals surface area contributed by atoms with Crippen LogP contribution < -0.4 is 4.74 Å². The largest absolute Gasteiger partial charge is 0.494 e. The molecule has 0 bridgehead atoms. The molecule has 0 spiro atoms. The Kier molecular flexibility index (Phi) is 3.31. The van der Waals surface area contributed by atoms with Crippen molar-refractivity contribution >= 4 is 0 Å². The summed E-state index contributed by atoms with van der Waals surface area (Å²) in [6, 6.07) is 4.05. The van der Waals surface area contributed by atoms with Crippen LogP contribution in [0.1, 0.15) is 18.5 Å². The maximum Gasteiger partial charge on any atom is 0.165 e. The van der Waals surface area contributed by atoms with Crippen LogP contribution in [0.2, 0.25) is 0 Å². The van der Waals surface area contributed by atoms with Gasteiger partial charge in [-0.3, -0.25) is 0 Å². The lowest BCUT2D eigenvalue weighted by molar-refractivity contribution is 0.385. The van der Waals surface area contributed by atoms with Crippen molar-refractivity contribution in [2.45, 2.75) is 13.0 Å². The lowest BCUT2D eigenvalue weighted by Crippen LogP contribution is -1.93. The molecule has 0 amide bonds. The van der Waals surface area contributed by atoms with Crippen molar-refractivity contribution in [1.82, 2.24) is 0 Å². The number of hydrogen-bond acceptors (Lipinski definition) is 2. The fourth-order valence-electron chi connectivity index (χ4n) is 1.08. The lowest BCUT2D eigenvalue weighted by atomic mass is 10.1. The summed E-state index contributed by atoms with van der Waals surface area (Å²) < 4.78 is 17.8. The maximum atomic E-state index is 13.0. The van der Waals surface area contributed by atoms with Crippen molar-refractivity contribution in [1.29, 1.82) is 0 Å². The Morgan fingerprint density at radius 3 is 2.86 bits per heavy atom. The van der Waals surface area contributed by atoms with E-state index in [-0.39, 0.29) is 11.8 Å². The molecule has 0 heterocycles. The van der Waals surface area contributed by atoms with Crippen LogP contribution in [0.15, 0.2) is 23.3 Å². The quantitative estimate of drug-likeness (QED) is 0.415. The van der Waals surface area contributed by atoms with Crippen molar-refractivity contribution in [3.8, 4) is 5.75 Å². The molecule has 0 radical (unpaired) electrons. The average Bonchev–Trinajstić information content (AvgIpc) is 2.19. The Morgan fingerprint density at radius 1 is 1.57 bits per heavy atom. The van der Waals surface area contributed by atoms with Gasteiger partial charge >= 0.3 is 0 Å². The summed E-state index contributed by atoms with van der Waals surface area (Å²) in [5.41, 5.74) is 8.96. The number of ether oxygens (including phenoxy) is 1. The highest BCUT2D eigenvalue weighted by molar-refractivity contribution is 5.31. The minimum atomic E-state index is -0.426. The highest BCUT2D eigenvalue weighted by Gasteiger charge is 2.07. The molecule has 1 atom stereocenters. The van der Waals surface area contributed by atoms with Gasteiger partial charge in [0.25, 0.3) is 0 Å². The Morgan fingerprint density at radius 2 is 2.29 bits per heavy atom. The van der Waals surface area contributed by atoms with E-state index in [1.807, 2.05) is 0 Å². The van der Waals surface area contributed by atoms with Crippen LogP contribution in [0.4, 0.5) is 4.39 Å². The van der Waals surface area contributed by atoms with Crippen molar-refractivity contribution < 1.29 is 9.13 Å². The highest BCUT2D eigenvalue weighted by Crippen LogP contribution is 2.24. The minimum absolute atomic E-state index is 0.155. The van der Waals surface area contributed by atoms with Crippen LogP contribution in [-0.4, -0.2) is 7.11 Å². The fraction of sp³-hybridized carbons (Fsp3) is 0.333. The molecule has 0 aromatic heterocycles. The third kappa shape index (κ3) is 2.14. The number of halogens is 1. The summed E-state index contributed by atoms with van der Waals surface area (Å²) in [4.78, 5) is 2.68. The predicted octanol–water partition coefficient (Wildman–Crippen LogP) is 3.21. The monoisotopic (exact) mass is 195 g/mol. The average molecular weight is 195 g/mol. The number of nitrogens with zero attached hydrogens (tertiary/aromatic N) is 3. The summed E-state index contributed by atoms with van der Waals surface area (Å²) in [6.45, 7) is 1.73. The van der Waals surface area contributed by atoms with Crippen molar-refractivity contribution in [3.63, 3.8) is 0 Å². The van der Waals surface area contributed by atoms with Gasteiger partial charge in [0.05, 0.1) is 13.2 Å². The molecule has 0 aliphatic rings. The molecule has 1 rings (SSSR count). The van der Waals surface area contributed by atoms with Crippen LogP contribution in [-0.2, 0) is 0 Å². The molecule has 5 heteroatoms. The second-order valence-corrected chi connectivity index (χ2v) is 2.77. The Balaban J connectivity index is 3.05. The zero-order chi connectivity index (χ0) is 10.6. The van der Waals surface area contributed by atoms with Gasteiger partial charge < -0.3 is 4.74 Å². The van der Waals surface area contributed by atoms with E-state index < -0.39 is 5.82 Å². The van der Waals surface area contributed by atoms with Gasteiger partial charge in [-0.2, -0.15) is 0 Å². The molecule has 0 fully saturated rings. The number of rotatable bonds is 3. The molecule has 0 aliphatic carbocycles. The topological polar surface area (TPSA) is 58.0 Å². The van der Waals surface area contributed by atoms with E-state index in [9.17, 15) is 4.39 Å². The molecule has 14 heavy (non-hydrogen) atoms. The van der Waals surface area contributed by atoms with Crippen LogP contribution in [0.5, 0.6) is 5.75 Å². The first-order valence-corrected chi connectivity index (χ1v) is 4.06. The molecular formula is C9H10FN3O. The van der Waals surface area contributed by atoms with E-state index in [4.69, 9.17) is 10.3 Å². The van der Waals surface area contributed by atoms with Gasteiger partial charge in [0, 0.05) is 4.91 Å². The van der Waals surface area contributed by atoms with Crippen molar-refractivity contribution in [2.24, 2.45) is 5.11 Å². The van der Waals surface area contributed by atoms with Gasteiger partial charge in [-0.05, 0) is 23.2 Å². The summed E-state index contributed by atoms with van der Waals surface area (Å²) in [5.74, 6) is -0.271. The third-order valence-corrected chi connectivity index (χ3v) is 1.88. The Hall–Kier alpha value is -1.74. The van der Waals surface area contributed by atoms with Crippen molar-refractivity contribution in [3.05, 3.63) is 40.0 Å². The van der Waals surface area contributed by atoms with E-state index in [1.165, 1.54) is 19.2 Å². The standard InChI is InChI=1S/C9H10FN3O/c1-6(12-13-11)7-3-4-8(10)9(5-7)14-2/h3-6H,1-2H3/t6-/m0/s1. The normalized spacial score (nSPS) is 11.6. The number of hydrogen-bond donors (Lipinski definition) is 0. The van der Waals surface area contributed by atoms with Crippen LogP contribution in [0.25, 0.3) is 10.4 Å². The van der Waals surface area contributed by atoms with Gasteiger partial charge in [-0.25, -0.2) is 4.39 Å². The summed E-state index contributed by atoms with van der Waals surface area (Å²) >= 11 is 0. The van der Waals surface area contributed by atoms with Gasteiger partial charge in [-0.1, -0.05) is 18.1 Å². The van der Waals surface area contributed by atoms with Crippen LogP contribution in [0.3, 0.4) is 0 Å². The summed E-state index contributed by atoms with van der Waals surface area (Å²) in [7, 11) is 1.39. The third-order valence-electron chi connectivity index (χ3n) is 1.88. The number of azide groups is 1. The molecular weight excluding hydrogens is 185 g/mol. The lowest BCUT2D eigenvalue weighted by Gasteiger charge is -2.07. The number of benzene rings is 1. The Bertz CT molecular complexity index is 374. The molecule has 0 N–H and O–H groups in total. The van der Waals surface area contributed by atoms with Crippen molar-refractivity contribution in [2.75, 3.05) is 7.11 Å². The van der Waals surface area contributed by atoms with E-state index in [0.717, 1.165) is 5.56 Å². The van der Waals surface area contributed by atoms with E-state index in [0.29, 0.717) is 0 Å². The summed E-state index contributed by atoms with van der Waals surface area (Å²) in [5, 5.41) is 3.50. The van der Waals surface area contributed by atoms with Gasteiger partial charge in [0.1, 0.15) is 0 Å². The van der Waals surface area contributed by atoms with Crippen LogP contribution >= 0.6 is 0 Å². The summed E-state index contributed by atoms with van der Waals surface area (Å²) in [6.07, 6.45) is 0. The molecule has 4 nitrogen and oxygen atoms in total. The first-order chi connectivity index (χ1) is 6.69.